The van der Waals surface area contributed by atoms with Crippen LogP contribution in [0.15, 0.2) is 69.3 Å². The topological polar surface area (TPSA) is 57.7 Å². The minimum absolute atomic E-state index is 0.161. The molecule has 3 aromatic rings. The van der Waals surface area contributed by atoms with Gasteiger partial charge in [0, 0.05) is 22.4 Å². The van der Waals surface area contributed by atoms with Crippen molar-refractivity contribution in [3.05, 3.63) is 86.3 Å². The Balaban J connectivity index is 1.64. The molecule has 1 atom stereocenters. The number of thiophene rings is 1. The first-order chi connectivity index (χ1) is 16.3. The number of unbranched alkanes of at least 4 members (excludes halogenated alkanes) is 1. The number of fused-ring (bicyclic) bond motifs is 1. The predicted molar refractivity (Wildman–Crippen MR) is 136 cm³/mol. The van der Waals surface area contributed by atoms with Crippen LogP contribution in [0.25, 0.3) is 0 Å². The summed E-state index contributed by atoms with van der Waals surface area (Å²) in [5.74, 6) is -0.600. The molecule has 0 bridgehead atoms. The molecule has 5 nitrogen and oxygen atoms in total. The van der Waals surface area contributed by atoms with E-state index >= 15 is 0 Å². The molecule has 2 heterocycles. The van der Waals surface area contributed by atoms with Gasteiger partial charge in [-0.25, -0.2) is 12.8 Å². The van der Waals surface area contributed by atoms with E-state index in [0.717, 1.165) is 22.0 Å². The highest BCUT2D eigenvalue weighted by atomic mass is 79.9. The second-order valence-corrected chi connectivity index (χ2v) is 12.1. The van der Waals surface area contributed by atoms with Gasteiger partial charge >= 0.3 is 0 Å². The van der Waals surface area contributed by atoms with Gasteiger partial charge in [-0.1, -0.05) is 41.4 Å². The van der Waals surface area contributed by atoms with Gasteiger partial charge in [0.05, 0.1) is 17.5 Å². The van der Waals surface area contributed by atoms with Crippen molar-refractivity contribution in [1.82, 2.24) is 9.21 Å². The molecule has 1 aromatic heterocycles. The molecule has 0 saturated carbocycles. The molecule has 0 aliphatic carbocycles. The van der Waals surface area contributed by atoms with E-state index in [9.17, 15) is 17.6 Å². The van der Waals surface area contributed by atoms with Crippen molar-refractivity contribution in [2.45, 2.75) is 37.1 Å². The summed E-state index contributed by atoms with van der Waals surface area (Å²) in [4.78, 5) is 16.7. The van der Waals surface area contributed by atoms with Gasteiger partial charge in [-0.2, -0.15) is 4.31 Å². The van der Waals surface area contributed by atoms with E-state index < -0.39 is 10.0 Å². The van der Waals surface area contributed by atoms with Crippen molar-refractivity contribution < 1.29 is 17.6 Å². The third-order valence-corrected chi connectivity index (χ3v) is 9.38. The molecule has 180 valence electrons. The Morgan fingerprint density at radius 1 is 1.15 bits per heavy atom. The smallest absolute Gasteiger partial charge is 0.243 e. The van der Waals surface area contributed by atoms with Crippen LogP contribution in [0.1, 0.15) is 41.8 Å². The molecule has 1 aliphatic rings. The number of rotatable bonds is 8. The first kappa shape index (κ1) is 25.0. The number of carbonyl (C=O) groups is 1. The Bertz CT molecular complexity index is 1240. The van der Waals surface area contributed by atoms with E-state index in [1.165, 1.54) is 21.3 Å². The van der Waals surface area contributed by atoms with E-state index in [2.05, 4.69) is 15.9 Å². The maximum atomic E-state index is 13.6. The van der Waals surface area contributed by atoms with Crippen molar-refractivity contribution >= 4 is 43.2 Å². The lowest BCUT2D eigenvalue weighted by Crippen LogP contribution is -2.47. The van der Waals surface area contributed by atoms with Crippen LogP contribution in [-0.2, 0) is 21.2 Å². The van der Waals surface area contributed by atoms with Crippen molar-refractivity contribution in [2.75, 3.05) is 19.6 Å². The van der Waals surface area contributed by atoms with Gasteiger partial charge in [-0.05, 0) is 71.8 Å². The van der Waals surface area contributed by atoms with Crippen LogP contribution in [0.2, 0.25) is 0 Å². The van der Waals surface area contributed by atoms with Crippen molar-refractivity contribution in [1.29, 1.82) is 0 Å². The number of sulfonamides is 1. The van der Waals surface area contributed by atoms with E-state index in [-0.39, 0.29) is 35.8 Å². The fourth-order valence-electron chi connectivity index (χ4n) is 4.21. The summed E-state index contributed by atoms with van der Waals surface area (Å²) in [7, 11) is -3.84. The first-order valence-electron chi connectivity index (χ1n) is 11.2. The summed E-state index contributed by atoms with van der Waals surface area (Å²) in [6.07, 6.45) is 2.17. The number of carbonyl (C=O) groups excluding carboxylic acids is 1. The van der Waals surface area contributed by atoms with Crippen LogP contribution >= 0.6 is 27.3 Å². The monoisotopic (exact) mass is 564 g/mol. The van der Waals surface area contributed by atoms with Crippen LogP contribution in [-0.4, -0.2) is 43.2 Å². The molecule has 0 spiro atoms. The van der Waals surface area contributed by atoms with E-state index in [1.54, 1.807) is 52.6 Å². The third-order valence-electron chi connectivity index (χ3n) is 6.00. The fourth-order valence-corrected chi connectivity index (χ4v) is 6.80. The largest absolute Gasteiger partial charge is 0.330 e. The average Bonchev–Trinajstić information content (AvgIpc) is 3.31. The Kier molecular flexibility index (Phi) is 7.87. The summed E-state index contributed by atoms with van der Waals surface area (Å²) in [5, 5.41) is 2.00. The maximum absolute atomic E-state index is 13.6. The van der Waals surface area contributed by atoms with Crippen LogP contribution in [0.3, 0.4) is 0 Å². The highest BCUT2D eigenvalue weighted by Gasteiger charge is 2.35. The molecule has 2 aromatic carbocycles. The summed E-state index contributed by atoms with van der Waals surface area (Å²) in [6, 6.07) is 14.3. The van der Waals surface area contributed by atoms with Gasteiger partial charge in [-0.3, -0.25) is 4.79 Å². The molecule has 34 heavy (non-hydrogen) atoms. The van der Waals surface area contributed by atoms with Gasteiger partial charge in [0.2, 0.25) is 15.9 Å². The lowest BCUT2D eigenvalue weighted by Gasteiger charge is -2.37. The van der Waals surface area contributed by atoms with E-state index in [0.29, 0.717) is 19.4 Å². The summed E-state index contributed by atoms with van der Waals surface area (Å²) < 4.78 is 42.5. The number of amides is 1. The first-order valence-corrected chi connectivity index (χ1v) is 14.3. The number of halogens is 2. The molecule has 1 unspecified atom stereocenters. The number of hydrogen-bond acceptors (Lipinski definition) is 4. The minimum Gasteiger partial charge on any atom is -0.330 e. The van der Waals surface area contributed by atoms with Crippen LogP contribution in [0.5, 0.6) is 0 Å². The lowest BCUT2D eigenvalue weighted by atomic mass is 9.93. The minimum atomic E-state index is -3.84. The van der Waals surface area contributed by atoms with Crippen LogP contribution < -0.4 is 0 Å². The molecule has 0 N–H and O–H groups in total. The van der Waals surface area contributed by atoms with Crippen molar-refractivity contribution in [3.8, 4) is 0 Å². The van der Waals surface area contributed by atoms with Crippen molar-refractivity contribution in [3.63, 3.8) is 0 Å². The second-order valence-electron chi connectivity index (χ2n) is 8.24. The van der Waals surface area contributed by atoms with Crippen molar-refractivity contribution in [2.24, 2.45) is 0 Å². The van der Waals surface area contributed by atoms with Gasteiger partial charge in [-0.15, -0.1) is 11.3 Å². The van der Waals surface area contributed by atoms with Gasteiger partial charge in [0.25, 0.3) is 0 Å². The SMILES string of the molecule is CCCCN(CC(=O)N1CCc2sccc2C1c1ccc(F)cc1)S(=O)(=O)c1ccc(Br)cc1. The second kappa shape index (κ2) is 10.7. The van der Waals surface area contributed by atoms with Gasteiger partial charge < -0.3 is 4.90 Å². The maximum Gasteiger partial charge on any atom is 0.243 e. The van der Waals surface area contributed by atoms with Crippen LogP contribution in [0, 0.1) is 5.82 Å². The molecule has 4 rings (SSSR count). The normalized spacial score (nSPS) is 16.0. The molecular weight excluding hydrogens is 539 g/mol. The Hall–Kier alpha value is -2.07. The highest BCUT2D eigenvalue weighted by molar-refractivity contribution is 9.10. The number of hydrogen-bond donors (Lipinski definition) is 0. The zero-order valence-electron chi connectivity index (χ0n) is 18.8. The molecule has 1 aliphatic heterocycles. The lowest BCUT2D eigenvalue weighted by molar-refractivity contribution is -0.133. The zero-order chi connectivity index (χ0) is 24.3. The van der Waals surface area contributed by atoms with Gasteiger partial charge in [0.15, 0.2) is 0 Å². The Morgan fingerprint density at radius 2 is 1.85 bits per heavy atom. The Morgan fingerprint density at radius 3 is 2.53 bits per heavy atom. The fraction of sp³-hybridized carbons (Fsp3) is 0.320. The molecule has 9 heteroatoms. The molecule has 0 fully saturated rings. The van der Waals surface area contributed by atoms with E-state index in [1.807, 2.05) is 18.4 Å². The summed E-state index contributed by atoms with van der Waals surface area (Å²) in [6.45, 7) is 2.49. The highest BCUT2D eigenvalue weighted by Crippen LogP contribution is 2.38. The van der Waals surface area contributed by atoms with Gasteiger partial charge in [0.1, 0.15) is 5.82 Å². The summed E-state index contributed by atoms with van der Waals surface area (Å²) in [5.41, 5.74) is 1.83. The Labute approximate surface area is 212 Å². The molecular formula is C25H26BrFN2O3S2. The summed E-state index contributed by atoms with van der Waals surface area (Å²) >= 11 is 4.98. The van der Waals surface area contributed by atoms with Crippen LogP contribution in [0.4, 0.5) is 4.39 Å². The van der Waals surface area contributed by atoms with E-state index in [4.69, 9.17) is 0 Å². The molecule has 0 radical (unpaired) electrons. The quantitative estimate of drug-likeness (QED) is 0.357. The zero-order valence-corrected chi connectivity index (χ0v) is 22.0. The number of benzene rings is 2. The number of nitrogens with zero attached hydrogens (tertiary/aromatic N) is 2. The average molecular weight is 566 g/mol. The molecule has 1 amide bonds. The standard InChI is InChI=1S/C25H26BrFN2O3S2/c1-2-3-14-28(34(31,32)21-10-6-19(26)7-11-21)17-24(30)29-15-12-23-22(13-16-33-23)25(29)18-4-8-20(27)9-5-18/h4-11,13,16,25H,2-3,12,14-15,17H2,1H3. The molecule has 0 saturated heterocycles. The third kappa shape index (κ3) is 5.27. The predicted octanol–water partition coefficient (Wildman–Crippen LogP) is 5.61.